The SMILES string of the molecule is C=C1CC[C@H](COC(C)(C)C)C1. The molecule has 1 atom stereocenters. The lowest BCUT2D eigenvalue weighted by atomic mass is 10.1. The van der Waals surface area contributed by atoms with E-state index in [0.717, 1.165) is 12.5 Å². The lowest BCUT2D eigenvalue weighted by molar-refractivity contribution is -0.0206. The van der Waals surface area contributed by atoms with Crippen molar-refractivity contribution in [2.24, 2.45) is 5.92 Å². The van der Waals surface area contributed by atoms with Crippen molar-refractivity contribution in [1.82, 2.24) is 0 Å². The van der Waals surface area contributed by atoms with Crippen molar-refractivity contribution in [1.29, 1.82) is 0 Å². The molecule has 0 N–H and O–H groups in total. The summed E-state index contributed by atoms with van der Waals surface area (Å²) in [4.78, 5) is 0. The molecule has 70 valence electrons. The van der Waals surface area contributed by atoms with Crippen LogP contribution in [-0.4, -0.2) is 12.2 Å². The van der Waals surface area contributed by atoms with E-state index in [9.17, 15) is 0 Å². The van der Waals surface area contributed by atoms with Crippen LogP contribution in [0.1, 0.15) is 40.0 Å². The van der Waals surface area contributed by atoms with Gasteiger partial charge in [0.2, 0.25) is 0 Å². The lowest BCUT2D eigenvalue weighted by Gasteiger charge is -2.21. The van der Waals surface area contributed by atoms with Crippen molar-refractivity contribution in [3.8, 4) is 0 Å². The molecule has 0 unspecified atom stereocenters. The van der Waals surface area contributed by atoms with Crippen molar-refractivity contribution in [2.75, 3.05) is 6.61 Å². The Bertz CT molecular complexity index is 164. The number of hydrogen-bond donors (Lipinski definition) is 0. The van der Waals surface area contributed by atoms with E-state index in [-0.39, 0.29) is 5.60 Å². The van der Waals surface area contributed by atoms with Crippen molar-refractivity contribution in [3.05, 3.63) is 12.2 Å². The lowest BCUT2D eigenvalue weighted by Crippen LogP contribution is -2.22. The Morgan fingerprint density at radius 3 is 2.58 bits per heavy atom. The normalized spacial score (nSPS) is 24.9. The van der Waals surface area contributed by atoms with Crippen molar-refractivity contribution >= 4 is 0 Å². The van der Waals surface area contributed by atoms with E-state index in [1.807, 2.05) is 0 Å². The first kappa shape index (κ1) is 9.79. The summed E-state index contributed by atoms with van der Waals surface area (Å²) in [5.74, 6) is 0.733. The third-order valence-corrected chi connectivity index (χ3v) is 2.24. The molecule has 1 nitrogen and oxygen atoms in total. The Morgan fingerprint density at radius 1 is 1.50 bits per heavy atom. The first-order valence-corrected chi connectivity index (χ1v) is 4.78. The molecule has 0 spiro atoms. The molecule has 0 bridgehead atoms. The van der Waals surface area contributed by atoms with Gasteiger partial charge in [0, 0.05) is 0 Å². The topological polar surface area (TPSA) is 9.23 Å². The Morgan fingerprint density at radius 2 is 2.17 bits per heavy atom. The molecule has 1 saturated carbocycles. The van der Waals surface area contributed by atoms with E-state index in [4.69, 9.17) is 4.74 Å². The fourth-order valence-electron chi connectivity index (χ4n) is 1.53. The molecule has 0 amide bonds. The summed E-state index contributed by atoms with van der Waals surface area (Å²) in [5, 5.41) is 0. The fraction of sp³-hybridized carbons (Fsp3) is 0.818. The molecular formula is C11H20O. The van der Waals surface area contributed by atoms with Crippen LogP contribution in [0.4, 0.5) is 0 Å². The Balaban J connectivity index is 2.20. The second-order valence-electron chi connectivity index (χ2n) is 4.78. The number of rotatable bonds is 2. The van der Waals surface area contributed by atoms with Crippen LogP contribution in [0.2, 0.25) is 0 Å². The zero-order valence-corrected chi connectivity index (χ0v) is 8.52. The fourth-order valence-corrected chi connectivity index (χ4v) is 1.53. The molecule has 0 heterocycles. The van der Waals surface area contributed by atoms with Gasteiger partial charge in [0.15, 0.2) is 0 Å². The first-order chi connectivity index (χ1) is 5.47. The molecule has 0 saturated heterocycles. The van der Waals surface area contributed by atoms with Crippen LogP contribution in [0.3, 0.4) is 0 Å². The van der Waals surface area contributed by atoms with Gasteiger partial charge in [-0.25, -0.2) is 0 Å². The molecule has 0 aromatic carbocycles. The van der Waals surface area contributed by atoms with Crippen molar-refractivity contribution in [2.45, 2.75) is 45.6 Å². The highest BCUT2D eigenvalue weighted by molar-refractivity contribution is 5.01. The van der Waals surface area contributed by atoms with E-state index in [1.54, 1.807) is 0 Å². The van der Waals surface area contributed by atoms with Gasteiger partial charge in [-0.2, -0.15) is 0 Å². The molecule has 1 rings (SSSR count). The molecule has 1 aliphatic carbocycles. The summed E-state index contributed by atoms with van der Waals surface area (Å²) in [6, 6.07) is 0. The Labute approximate surface area is 75.8 Å². The molecule has 1 fully saturated rings. The monoisotopic (exact) mass is 168 g/mol. The zero-order valence-electron chi connectivity index (χ0n) is 8.52. The highest BCUT2D eigenvalue weighted by atomic mass is 16.5. The molecule has 12 heavy (non-hydrogen) atoms. The highest BCUT2D eigenvalue weighted by Crippen LogP contribution is 2.29. The predicted octanol–water partition coefficient (Wildman–Crippen LogP) is 3.16. The van der Waals surface area contributed by atoms with Gasteiger partial charge in [-0.3, -0.25) is 0 Å². The van der Waals surface area contributed by atoms with Gasteiger partial charge < -0.3 is 4.74 Å². The van der Waals surface area contributed by atoms with Gasteiger partial charge >= 0.3 is 0 Å². The van der Waals surface area contributed by atoms with Gasteiger partial charge in [0.1, 0.15) is 0 Å². The Hall–Kier alpha value is -0.300. The molecule has 0 aromatic heterocycles. The quantitative estimate of drug-likeness (QED) is 0.575. The van der Waals surface area contributed by atoms with Gasteiger partial charge in [-0.15, -0.1) is 0 Å². The van der Waals surface area contributed by atoms with Gasteiger partial charge in [-0.05, 0) is 46.0 Å². The number of allylic oxidation sites excluding steroid dienone is 1. The van der Waals surface area contributed by atoms with Gasteiger partial charge in [-0.1, -0.05) is 12.2 Å². The number of ether oxygens (including phenoxy) is 1. The second-order valence-corrected chi connectivity index (χ2v) is 4.78. The summed E-state index contributed by atoms with van der Waals surface area (Å²) in [6.07, 6.45) is 3.66. The summed E-state index contributed by atoms with van der Waals surface area (Å²) < 4.78 is 5.72. The summed E-state index contributed by atoms with van der Waals surface area (Å²) >= 11 is 0. The maximum Gasteiger partial charge on any atom is 0.0598 e. The average Bonchev–Trinajstić information content (AvgIpc) is 2.30. The largest absolute Gasteiger partial charge is 0.376 e. The van der Waals surface area contributed by atoms with E-state index in [2.05, 4.69) is 27.4 Å². The maximum absolute atomic E-state index is 5.72. The van der Waals surface area contributed by atoms with Crippen LogP contribution in [0.15, 0.2) is 12.2 Å². The maximum atomic E-state index is 5.72. The zero-order chi connectivity index (χ0) is 9.19. The predicted molar refractivity (Wildman–Crippen MR) is 52.2 cm³/mol. The van der Waals surface area contributed by atoms with E-state index in [0.29, 0.717) is 0 Å². The third-order valence-electron chi connectivity index (χ3n) is 2.24. The smallest absolute Gasteiger partial charge is 0.0598 e. The van der Waals surface area contributed by atoms with Crippen LogP contribution in [0, 0.1) is 5.92 Å². The summed E-state index contributed by atoms with van der Waals surface area (Å²) in [5.41, 5.74) is 1.42. The van der Waals surface area contributed by atoms with Crippen LogP contribution in [0.25, 0.3) is 0 Å². The van der Waals surface area contributed by atoms with E-state index in [1.165, 1.54) is 24.8 Å². The number of hydrogen-bond acceptors (Lipinski definition) is 1. The standard InChI is InChI=1S/C11H20O/c1-9-5-6-10(7-9)8-12-11(2,3)4/h10H,1,5-8H2,2-4H3/t10-/m0/s1. The van der Waals surface area contributed by atoms with Gasteiger partial charge in [0.05, 0.1) is 12.2 Å². The minimum absolute atomic E-state index is 0.0178. The van der Waals surface area contributed by atoms with Crippen molar-refractivity contribution < 1.29 is 4.74 Å². The van der Waals surface area contributed by atoms with Crippen molar-refractivity contribution in [3.63, 3.8) is 0 Å². The summed E-state index contributed by atoms with van der Waals surface area (Å²) in [6.45, 7) is 11.2. The average molecular weight is 168 g/mol. The molecule has 1 heteroatoms. The summed E-state index contributed by atoms with van der Waals surface area (Å²) in [7, 11) is 0. The second kappa shape index (κ2) is 3.61. The molecule has 0 aliphatic heterocycles. The van der Waals surface area contributed by atoms with Crippen LogP contribution >= 0.6 is 0 Å². The molecule has 0 aromatic rings. The Kier molecular flexibility index (Phi) is 2.94. The first-order valence-electron chi connectivity index (χ1n) is 4.78. The molecule has 0 radical (unpaired) electrons. The van der Waals surface area contributed by atoms with Crippen LogP contribution < -0.4 is 0 Å². The highest BCUT2D eigenvalue weighted by Gasteiger charge is 2.20. The minimum atomic E-state index is 0.0178. The minimum Gasteiger partial charge on any atom is -0.376 e. The third kappa shape index (κ3) is 3.40. The van der Waals surface area contributed by atoms with Crippen LogP contribution in [-0.2, 0) is 4.74 Å². The van der Waals surface area contributed by atoms with Gasteiger partial charge in [0.25, 0.3) is 0 Å². The molecular weight excluding hydrogens is 148 g/mol. The van der Waals surface area contributed by atoms with E-state index >= 15 is 0 Å². The molecule has 1 aliphatic rings. The van der Waals surface area contributed by atoms with Crippen LogP contribution in [0.5, 0.6) is 0 Å². The van der Waals surface area contributed by atoms with E-state index < -0.39 is 0 Å².